The van der Waals surface area contributed by atoms with Gasteiger partial charge in [-0.1, -0.05) is 6.92 Å². The van der Waals surface area contributed by atoms with E-state index in [-0.39, 0.29) is 13.0 Å². The van der Waals surface area contributed by atoms with E-state index in [2.05, 4.69) is 0 Å². The van der Waals surface area contributed by atoms with Crippen molar-refractivity contribution in [3.05, 3.63) is 0 Å². The van der Waals surface area contributed by atoms with Gasteiger partial charge in [-0.25, -0.2) is 9.59 Å². The molecular formula is C10H16F3N3O4. The summed E-state index contributed by atoms with van der Waals surface area (Å²) in [6, 6.07) is -2.87. The van der Waals surface area contributed by atoms with Gasteiger partial charge < -0.3 is 21.1 Å². The minimum atomic E-state index is -4.60. The summed E-state index contributed by atoms with van der Waals surface area (Å²) >= 11 is 0. The van der Waals surface area contributed by atoms with Crippen LogP contribution in [0.2, 0.25) is 0 Å². The zero-order valence-electron chi connectivity index (χ0n) is 10.7. The van der Waals surface area contributed by atoms with E-state index in [1.165, 1.54) is 0 Å². The third kappa shape index (κ3) is 7.44. The van der Waals surface area contributed by atoms with E-state index in [4.69, 9.17) is 10.8 Å². The van der Waals surface area contributed by atoms with Crippen molar-refractivity contribution in [3.8, 4) is 0 Å². The molecule has 10 heteroatoms. The number of nitrogens with zero attached hydrogens (tertiary/aromatic N) is 1. The lowest BCUT2D eigenvalue weighted by molar-refractivity contribution is -0.142. The molecule has 0 aliphatic rings. The highest BCUT2D eigenvalue weighted by molar-refractivity contribution is 5.87. The van der Waals surface area contributed by atoms with E-state index in [0.29, 0.717) is 4.90 Å². The molecule has 0 heterocycles. The van der Waals surface area contributed by atoms with Crippen LogP contribution in [0, 0.1) is 0 Å². The minimum absolute atomic E-state index is 0.200. The first-order chi connectivity index (χ1) is 9.06. The first-order valence-electron chi connectivity index (χ1n) is 5.70. The summed E-state index contributed by atoms with van der Waals surface area (Å²) in [7, 11) is 0. The SMILES string of the molecule is CCCN(CC(F)(F)F)C(=O)N[C@H](CC(N)=O)C(=O)O. The molecule has 0 saturated carbocycles. The number of amides is 3. The zero-order chi connectivity index (χ0) is 15.9. The molecule has 0 saturated heterocycles. The van der Waals surface area contributed by atoms with E-state index in [0.717, 1.165) is 0 Å². The second kappa shape index (κ2) is 7.56. The monoisotopic (exact) mass is 299 g/mol. The largest absolute Gasteiger partial charge is 0.480 e. The maximum Gasteiger partial charge on any atom is 0.406 e. The van der Waals surface area contributed by atoms with Crippen molar-refractivity contribution < 1.29 is 32.7 Å². The van der Waals surface area contributed by atoms with Crippen LogP contribution >= 0.6 is 0 Å². The van der Waals surface area contributed by atoms with E-state index < -0.39 is 43.1 Å². The topological polar surface area (TPSA) is 113 Å². The number of hydrogen-bond donors (Lipinski definition) is 3. The lowest BCUT2D eigenvalue weighted by Gasteiger charge is -2.25. The number of carbonyl (C=O) groups is 3. The van der Waals surface area contributed by atoms with E-state index in [9.17, 15) is 27.6 Å². The Hall–Kier alpha value is -2.00. The molecule has 3 amide bonds. The van der Waals surface area contributed by atoms with E-state index in [1.54, 1.807) is 6.92 Å². The van der Waals surface area contributed by atoms with E-state index in [1.807, 2.05) is 5.32 Å². The first kappa shape index (κ1) is 18.0. The van der Waals surface area contributed by atoms with Crippen LogP contribution in [0.25, 0.3) is 0 Å². The third-order valence-electron chi connectivity index (χ3n) is 2.15. The highest BCUT2D eigenvalue weighted by Crippen LogP contribution is 2.16. The number of aliphatic carboxylic acids is 1. The number of primary amides is 1. The van der Waals surface area contributed by atoms with Gasteiger partial charge in [0.15, 0.2) is 0 Å². The molecule has 0 aliphatic carbocycles. The Morgan fingerprint density at radius 1 is 1.35 bits per heavy atom. The molecule has 0 aromatic carbocycles. The first-order valence-corrected chi connectivity index (χ1v) is 5.70. The van der Waals surface area contributed by atoms with Crippen molar-refractivity contribution in [2.24, 2.45) is 5.73 Å². The predicted molar refractivity (Wildman–Crippen MR) is 61.7 cm³/mol. The molecule has 4 N–H and O–H groups in total. The summed E-state index contributed by atoms with van der Waals surface area (Å²) in [6.45, 7) is -0.140. The van der Waals surface area contributed by atoms with Crippen LogP contribution < -0.4 is 11.1 Å². The van der Waals surface area contributed by atoms with Gasteiger partial charge in [0.25, 0.3) is 0 Å². The number of nitrogens with two attached hydrogens (primary N) is 1. The molecule has 7 nitrogen and oxygen atoms in total. The molecular weight excluding hydrogens is 283 g/mol. The molecule has 0 radical (unpaired) electrons. The van der Waals surface area contributed by atoms with Crippen LogP contribution in [-0.4, -0.2) is 53.2 Å². The number of carboxylic acid groups (broad SMARTS) is 1. The van der Waals surface area contributed by atoms with Gasteiger partial charge >= 0.3 is 18.2 Å². The molecule has 0 aromatic rings. The number of hydrogen-bond acceptors (Lipinski definition) is 3. The van der Waals surface area contributed by atoms with Gasteiger partial charge in [-0.2, -0.15) is 13.2 Å². The molecule has 1 atom stereocenters. The highest BCUT2D eigenvalue weighted by atomic mass is 19.4. The van der Waals surface area contributed by atoms with Crippen molar-refractivity contribution in [3.63, 3.8) is 0 Å². The molecule has 116 valence electrons. The molecule has 0 aliphatic heterocycles. The minimum Gasteiger partial charge on any atom is -0.480 e. The number of carboxylic acids is 1. The zero-order valence-corrected chi connectivity index (χ0v) is 10.7. The Morgan fingerprint density at radius 3 is 2.25 bits per heavy atom. The van der Waals surface area contributed by atoms with E-state index >= 15 is 0 Å². The molecule has 0 aromatic heterocycles. The van der Waals surface area contributed by atoms with Gasteiger partial charge in [0.05, 0.1) is 6.42 Å². The third-order valence-corrected chi connectivity index (χ3v) is 2.15. The quantitative estimate of drug-likeness (QED) is 0.627. The molecule has 0 bridgehead atoms. The van der Waals surface area contributed by atoms with Gasteiger partial charge in [0.1, 0.15) is 12.6 Å². The predicted octanol–water partition coefficient (Wildman–Crippen LogP) is 0.299. The number of rotatable bonds is 7. The molecule has 0 fully saturated rings. The fourth-order valence-corrected chi connectivity index (χ4v) is 1.38. The Balaban J connectivity index is 4.79. The van der Waals surface area contributed by atoms with Crippen molar-refractivity contribution in [2.75, 3.05) is 13.1 Å². The van der Waals surface area contributed by atoms with Crippen LogP contribution in [-0.2, 0) is 9.59 Å². The van der Waals surface area contributed by atoms with Crippen molar-refractivity contribution >= 4 is 17.9 Å². The normalized spacial score (nSPS) is 12.6. The van der Waals surface area contributed by atoms with Gasteiger partial charge in [-0.05, 0) is 6.42 Å². The van der Waals surface area contributed by atoms with Crippen LogP contribution in [0.15, 0.2) is 0 Å². The van der Waals surface area contributed by atoms with Gasteiger partial charge in [0, 0.05) is 6.54 Å². The molecule has 20 heavy (non-hydrogen) atoms. The maximum atomic E-state index is 12.3. The fraction of sp³-hybridized carbons (Fsp3) is 0.700. The number of alkyl halides is 3. The summed E-state index contributed by atoms with van der Waals surface area (Å²) < 4.78 is 36.9. The average Bonchev–Trinajstić information content (AvgIpc) is 2.24. The summed E-state index contributed by atoms with van der Waals surface area (Å²) in [5, 5.41) is 10.6. The average molecular weight is 299 g/mol. The Morgan fingerprint density at radius 2 is 1.90 bits per heavy atom. The van der Waals surface area contributed by atoms with Crippen LogP contribution in [0.4, 0.5) is 18.0 Å². The van der Waals surface area contributed by atoms with Crippen molar-refractivity contribution in [1.82, 2.24) is 10.2 Å². The summed E-state index contributed by atoms with van der Waals surface area (Å²) in [5.74, 6) is -2.55. The number of carbonyl (C=O) groups excluding carboxylic acids is 2. The highest BCUT2D eigenvalue weighted by Gasteiger charge is 2.34. The molecule has 0 unspecified atom stereocenters. The molecule has 0 spiro atoms. The van der Waals surface area contributed by atoms with Gasteiger partial charge in [-0.15, -0.1) is 0 Å². The summed E-state index contributed by atoms with van der Waals surface area (Å²) in [4.78, 5) is 33.4. The van der Waals surface area contributed by atoms with Gasteiger partial charge in [0.2, 0.25) is 5.91 Å². The Kier molecular flexibility index (Phi) is 6.80. The summed E-state index contributed by atoms with van der Waals surface area (Å²) in [5.41, 5.74) is 4.80. The van der Waals surface area contributed by atoms with Crippen LogP contribution in [0.1, 0.15) is 19.8 Å². The standard InChI is InChI=1S/C10H16F3N3O4/c1-2-3-16(5-10(11,12)13)9(20)15-6(8(18)19)4-7(14)17/h6H,2-5H2,1H3,(H2,14,17)(H,15,20)(H,18,19)/t6-/m1/s1. The fourth-order valence-electron chi connectivity index (χ4n) is 1.38. The van der Waals surface area contributed by atoms with Crippen LogP contribution in [0.3, 0.4) is 0 Å². The lowest BCUT2D eigenvalue weighted by Crippen LogP contribution is -2.51. The van der Waals surface area contributed by atoms with Crippen LogP contribution in [0.5, 0.6) is 0 Å². The van der Waals surface area contributed by atoms with Crippen molar-refractivity contribution in [1.29, 1.82) is 0 Å². The summed E-state index contributed by atoms with van der Waals surface area (Å²) in [6.07, 6.45) is -5.04. The second-order valence-electron chi connectivity index (χ2n) is 4.05. The maximum absolute atomic E-state index is 12.3. The Bertz CT molecular complexity index is 373. The van der Waals surface area contributed by atoms with Crippen molar-refractivity contribution in [2.45, 2.75) is 32.0 Å². The number of urea groups is 1. The number of halogens is 3. The lowest BCUT2D eigenvalue weighted by atomic mass is 10.2. The second-order valence-corrected chi connectivity index (χ2v) is 4.05. The Labute approximate surface area is 112 Å². The molecule has 0 rings (SSSR count). The number of nitrogens with one attached hydrogen (secondary N) is 1. The van der Waals surface area contributed by atoms with Gasteiger partial charge in [-0.3, -0.25) is 4.79 Å². The smallest absolute Gasteiger partial charge is 0.406 e.